The standard InChI is InChI=1S/C11H15FN2O3/c1-11(2,3)14-10(15)17-7-5-8(12)9(16-4)13-6-7/h5-6H,1-4H3,(H,14,15). The number of nitrogens with zero attached hydrogens (tertiary/aromatic N) is 1. The van der Waals surface area contributed by atoms with Crippen molar-refractivity contribution in [3.05, 3.63) is 18.1 Å². The summed E-state index contributed by atoms with van der Waals surface area (Å²) in [6.07, 6.45) is 0.549. The minimum absolute atomic E-state index is 0.0186. The molecule has 5 nitrogen and oxygen atoms in total. The summed E-state index contributed by atoms with van der Waals surface area (Å²) >= 11 is 0. The first kappa shape index (κ1) is 13.2. The lowest BCUT2D eigenvalue weighted by atomic mass is 10.1. The summed E-state index contributed by atoms with van der Waals surface area (Å²) in [4.78, 5) is 15.0. The highest BCUT2D eigenvalue weighted by Gasteiger charge is 2.16. The van der Waals surface area contributed by atoms with Gasteiger partial charge in [0.25, 0.3) is 0 Å². The van der Waals surface area contributed by atoms with Crippen molar-refractivity contribution in [1.82, 2.24) is 10.3 Å². The van der Waals surface area contributed by atoms with E-state index < -0.39 is 17.4 Å². The predicted molar refractivity (Wildman–Crippen MR) is 59.7 cm³/mol. The smallest absolute Gasteiger partial charge is 0.413 e. The van der Waals surface area contributed by atoms with E-state index in [9.17, 15) is 9.18 Å². The van der Waals surface area contributed by atoms with E-state index >= 15 is 0 Å². The van der Waals surface area contributed by atoms with Crippen molar-refractivity contribution >= 4 is 6.09 Å². The lowest BCUT2D eigenvalue weighted by Gasteiger charge is -2.19. The van der Waals surface area contributed by atoms with Crippen molar-refractivity contribution in [2.24, 2.45) is 0 Å². The zero-order valence-electron chi connectivity index (χ0n) is 10.2. The summed E-state index contributed by atoms with van der Waals surface area (Å²) in [6.45, 7) is 5.42. The molecule has 1 aromatic heterocycles. The van der Waals surface area contributed by atoms with E-state index in [1.54, 1.807) is 20.8 Å². The van der Waals surface area contributed by atoms with Gasteiger partial charge >= 0.3 is 6.09 Å². The molecule has 0 aliphatic carbocycles. The highest BCUT2D eigenvalue weighted by molar-refractivity contribution is 5.71. The number of carbonyl (C=O) groups is 1. The predicted octanol–water partition coefficient (Wildman–Crippen LogP) is 2.12. The molecule has 0 unspecified atom stereocenters. The Morgan fingerprint density at radius 2 is 2.12 bits per heavy atom. The van der Waals surface area contributed by atoms with Crippen LogP contribution in [-0.4, -0.2) is 23.7 Å². The van der Waals surface area contributed by atoms with E-state index in [-0.39, 0.29) is 11.6 Å². The van der Waals surface area contributed by atoms with Crippen LogP contribution in [0.2, 0.25) is 0 Å². The molecule has 1 amide bonds. The summed E-state index contributed by atoms with van der Waals surface area (Å²) in [7, 11) is 1.30. The van der Waals surface area contributed by atoms with E-state index in [0.717, 1.165) is 6.07 Å². The van der Waals surface area contributed by atoms with Crippen LogP contribution in [0, 0.1) is 5.82 Å². The highest BCUT2D eigenvalue weighted by Crippen LogP contribution is 2.18. The van der Waals surface area contributed by atoms with Gasteiger partial charge in [-0.2, -0.15) is 0 Å². The summed E-state index contributed by atoms with van der Waals surface area (Å²) in [5.41, 5.74) is -0.421. The number of aromatic nitrogens is 1. The average Bonchev–Trinajstić information content (AvgIpc) is 2.14. The Hall–Kier alpha value is -1.85. The van der Waals surface area contributed by atoms with Crippen molar-refractivity contribution in [3.63, 3.8) is 0 Å². The first-order valence-electron chi connectivity index (χ1n) is 5.01. The first-order valence-corrected chi connectivity index (χ1v) is 5.01. The number of carbonyl (C=O) groups excluding carboxylic acids is 1. The summed E-state index contributed by atoms with van der Waals surface area (Å²) < 4.78 is 22.7. The second-order valence-electron chi connectivity index (χ2n) is 4.43. The average molecular weight is 242 g/mol. The third-order valence-corrected chi connectivity index (χ3v) is 1.66. The molecule has 1 heterocycles. The fourth-order valence-corrected chi connectivity index (χ4v) is 1.05. The molecule has 0 spiro atoms. The molecule has 1 rings (SSSR count). The van der Waals surface area contributed by atoms with Crippen LogP contribution in [0.5, 0.6) is 11.6 Å². The zero-order valence-corrected chi connectivity index (χ0v) is 10.2. The minimum atomic E-state index is -0.687. The Balaban J connectivity index is 2.69. The molecular weight excluding hydrogens is 227 g/mol. The van der Waals surface area contributed by atoms with E-state index in [1.807, 2.05) is 0 Å². The number of halogens is 1. The van der Waals surface area contributed by atoms with Gasteiger partial charge in [0, 0.05) is 11.6 Å². The van der Waals surface area contributed by atoms with E-state index in [2.05, 4.69) is 15.0 Å². The van der Waals surface area contributed by atoms with E-state index in [0.29, 0.717) is 0 Å². The van der Waals surface area contributed by atoms with E-state index in [4.69, 9.17) is 4.74 Å². The fraction of sp³-hybridized carbons (Fsp3) is 0.455. The van der Waals surface area contributed by atoms with Gasteiger partial charge in [0.2, 0.25) is 5.88 Å². The van der Waals surface area contributed by atoms with Gasteiger partial charge in [-0.1, -0.05) is 0 Å². The maximum absolute atomic E-state index is 13.2. The third-order valence-electron chi connectivity index (χ3n) is 1.66. The number of amides is 1. The van der Waals surface area contributed by atoms with Crippen molar-refractivity contribution in [3.8, 4) is 11.6 Å². The molecule has 0 aliphatic rings. The van der Waals surface area contributed by atoms with Gasteiger partial charge in [-0.25, -0.2) is 14.2 Å². The summed E-state index contributed by atoms with van der Waals surface area (Å²) in [6, 6.07) is 1.04. The van der Waals surface area contributed by atoms with Crippen LogP contribution >= 0.6 is 0 Å². The van der Waals surface area contributed by atoms with Gasteiger partial charge in [0.1, 0.15) is 0 Å². The normalized spacial score (nSPS) is 10.9. The van der Waals surface area contributed by atoms with E-state index in [1.165, 1.54) is 13.3 Å². The molecular formula is C11H15FN2O3. The van der Waals surface area contributed by atoms with Crippen molar-refractivity contribution < 1.29 is 18.7 Å². The number of rotatable bonds is 2. The monoisotopic (exact) mass is 242 g/mol. The molecule has 6 heteroatoms. The molecule has 1 N–H and O–H groups in total. The van der Waals surface area contributed by atoms with Crippen molar-refractivity contribution in [2.45, 2.75) is 26.3 Å². The number of hydrogen-bond donors (Lipinski definition) is 1. The fourth-order valence-electron chi connectivity index (χ4n) is 1.05. The quantitative estimate of drug-likeness (QED) is 0.862. The zero-order chi connectivity index (χ0) is 13.1. The largest absolute Gasteiger partial charge is 0.479 e. The van der Waals surface area contributed by atoms with Crippen LogP contribution in [0.1, 0.15) is 20.8 Å². The van der Waals surface area contributed by atoms with Gasteiger partial charge in [-0.05, 0) is 20.8 Å². The van der Waals surface area contributed by atoms with Gasteiger partial charge in [-0.15, -0.1) is 0 Å². The minimum Gasteiger partial charge on any atom is -0.479 e. The Kier molecular flexibility index (Phi) is 3.88. The maximum atomic E-state index is 13.2. The molecule has 0 aromatic carbocycles. The topological polar surface area (TPSA) is 60.5 Å². The molecule has 0 atom stereocenters. The molecule has 0 saturated carbocycles. The Labute approximate surface area is 98.9 Å². The van der Waals surface area contributed by atoms with Gasteiger partial charge in [0.15, 0.2) is 11.6 Å². The molecule has 0 fully saturated rings. The SMILES string of the molecule is COc1ncc(OC(=O)NC(C)(C)C)cc1F. The molecule has 17 heavy (non-hydrogen) atoms. The first-order chi connectivity index (χ1) is 7.81. The van der Waals surface area contributed by atoms with Gasteiger partial charge in [0.05, 0.1) is 13.3 Å². The third kappa shape index (κ3) is 4.26. The molecule has 0 saturated heterocycles. The number of pyridine rings is 1. The summed E-state index contributed by atoms with van der Waals surface area (Å²) in [5, 5.41) is 2.57. The van der Waals surface area contributed by atoms with Crippen LogP contribution in [-0.2, 0) is 0 Å². The van der Waals surface area contributed by atoms with Gasteiger partial charge < -0.3 is 14.8 Å². The highest BCUT2D eigenvalue weighted by atomic mass is 19.1. The van der Waals surface area contributed by atoms with Crippen LogP contribution in [0.4, 0.5) is 9.18 Å². The second-order valence-corrected chi connectivity index (χ2v) is 4.43. The van der Waals surface area contributed by atoms with Crippen LogP contribution in [0.25, 0.3) is 0 Å². The molecule has 1 aromatic rings. The van der Waals surface area contributed by atoms with Crippen molar-refractivity contribution in [1.29, 1.82) is 0 Å². The Morgan fingerprint density at radius 1 is 1.47 bits per heavy atom. The number of methoxy groups -OCH3 is 1. The Morgan fingerprint density at radius 3 is 2.59 bits per heavy atom. The lowest BCUT2D eigenvalue weighted by molar-refractivity contribution is 0.190. The van der Waals surface area contributed by atoms with Gasteiger partial charge in [-0.3, -0.25) is 0 Å². The second kappa shape index (κ2) is 4.99. The molecule has 0 aliphatic heterocycles. The molecule has 0 bridgehead atoms. The van der Waals surface area contributed by atoms with Crippen molar-refractivity contribution in [2.75, 3.05) is 7.11 Å². The maximum Gasteiger partial charge on any atom is 0.413 e. The summed E-state index contributed by atoms with van der Waals surface area (Å²) in [5.74, 6) is -0.813. The molecule has 94 valence electrons. The number of hydrogen-bond acceptors (Lipinski definition) is 4. The van der Waals surface area contributed by atoms with Crippen LogP contribution in [0.15, 0.2) is 12.3 Å². The number of ether oxygens (including phenoxy) is 2. The molecule has 0 radical (unpaired) electrons. The van der Waals surface area contributed by atoms with Crippen LogP contribution in [0.3, 0.4) is 0 Å². The number of nitrogens with one attached hydrogen (secondary N) is 1. The van der Waals surface area contributed by atoms with Crippen LogP contribution < -0.4 is 14.8 Å². The Bertz CT molecular complexity index is 416. The lowest BCUT2D eigenvalue weighted by Crippen LogP contribution is -2.42.